The lowest BCUT2D eigenvalue weighted by Gasteiger charge is -2.22. The number of nitrogens with one attached hydrogen (secondary N) is 1. The molecule has 1 aliphatic heterocycles. The SMILES string of the molecule is CNCCN(C)C(=O)C1OCCC1C. The Morgan fingerprint density at radius 2 is 2.36 bits per heavy atom. The van der Waals surface area contributed by atoms with E-state index in [4.69, 9.17) is 4.74 Å². The molecule has 1 amide bonds. The minimum atomic E-state index is -0.211. The Labute approximate surface area is 85.6 Å². The lowest BCUT2D eigenvalue weighted by atomic mass is 10.0. The lowest BCUT2D eigenvalue weighted by Crippen LogP contribution is -2.41. The van der Waals surface area contributed by atoms with Crippen molar-refractivity contribution in [3.8, 4) is 0 Å². The van der Waals surface area contributed by atoms with Crippen LogP contribution in [-0.2, 0) is 9.53 Å². The van der Waals surface area contributed by atoms with E-state index in [1.807, 2.05) is 14.1 Å². The quantitative estimate of drug-likeness (QED) is 0.699. The Morgan fingerprint density at radius 3 is 2.86 bits per heavy atom. The van der Waals surface area contributed by atoms with Gasteiger partial charge in [0.05, 0.1) is 0 Å². The van der Waals surface area contributed by atoms with Crippen LogP contribution >= 0.6 is 0 Å². The second-order valence-electron chi connectivity index (χ2n) is 3.92. The first-order valence-electron chi connectivity index (χ1n) is 5.18. The summed E-state index contributed by atoms with van der Waals surface area (Å²) < 4.78 is 5.42. The van der Waals surface area contributed by atoms with Crippen molar-refractivity contribution in [1.82, 2.24) is 10.2 Å². The van der Waals surface area contributed by atoms with Gasteiger partial charge in [-0.25, -0.2) is 0 Å². The highest BCUT2D eigenvalue weighted by Gasteiger charge is 2.32. The molecule has 2 atom stereocenters. The summed E-state index contributed by atoms with van der Waals surface area (Å²) in [7, 11) is 3.71. The molecule has 1 aliphatic rings. The van der Waals surface area contributed by atoms with Gasteiger partial charge in [-0.05, 0) is 19.4 Å². The van der Waals surface area contributed by atoms with Gasteiger partial charge >= 0.3 is 0 Å². The third kappa shape index (κ3) is 2.69. The molecule has 1 saturated heterocycles. The molecule has 4 heteroatoms. The molecule has 82 valence electrons. The molecule has 14 heavy (non-hydrogen) atoms. The summed E-state index contributed by atoms with van der Waals surface area (Å²) in [4.78, 5) is 13.6. The zero-order valence-corrected chi connectivity index (χ0v) is 9.25. The van der Waals surface area contributed by atoms with Crippen LogP contribution in [0.1, 0.15) is 13.3 Å². The van der Waals surface area contributed by atoms with Crippen molar-refractivity contribution in [2.45, 2.75) is 19.4 Å². The molecule has 0 saturated carbocycles. The predicted octanol–water partition coefficient (Wildman–Crippen LogP) is 0.0892. The fraction of sp³-hybridized carbons (Fsp3) is 0.900. The van der Waals surface area contributed by atoms with Crippen LogP contribution in [0.4, 0.5) is 0 Å². The first kappa shape index (κ1) is 11.5. The zero-order chi connectivity index (χ0) is 10.6. The number of nitrogens with zero attached hydrogens (tertiary/aromatic N) is 1. The second kappa shape index (κ2) is 5.32. The maximum Gasteiger partial charge on any atom is 0.251 e. The topological polar surface area (TPSA) is 41.6 Å². The minimum Gasteiger partial charge on any atom is -0.368 e. The van der Waals surface area contributed by atoms with Crippen molar-refractivity contribution < 1.29 is 9.53 Å². The van der Waals surface area contributed by atoms with Gasteiger partial charge in [0.25, 0.3) is 5.91 Å². The first-order chi connectivity index (χ1) is 6.66. The number of rotatable bonds is 4. The van der Waals surface area contributed by atoms with Gasteiger partial charge in [0.15, 0.2) is 0 Å². The van der Waals surface area contributed by atoms with Crippen LogP contribution in [0, 0.1) is 5.92 Å². The van der Waals surface area contributed by atoms with Gasteiger partial charge in [-0.3, -0.25) is 4.79 Å². The van der Waals surface area contributed by atoms with Gasteiger partial charge in [0, 0.05) is 26.7 Å². The molecule has 1 heterocycles. The van der Waals surface area contributed by atoms with Gasteiger partial charge in [-0.2, -0.15) is 0 Å². The smallest absolute Gasteiger partial charge is 0.251 e. The Morgan fingerprint density at radius 1 is 1.64 bits per heavy atom. The van der Waals surface area contributed by atoms with Crippen LogP contribution in [0.3, 0.4) is 0 Å². The van der Waals surface area contributed by atoms with E-state index in [1.54, 1.807) is 4.90 Å². The summed E-state index contributed by atoms with van der Waals surface area (Å²) in [5.41, 5.74) is 0. The van der Waals surface area contributed by atoms with E-state index < -0.39 is 0 Å². The number of likely N-dealkylation sites (N-methyl/N-ethyl adjacent to an activating group) is 2. The molecule has 0 aliphatic carbocycles. The van der Waals surface area contributed by atoms with Crippen molar-refractivity contribution in [3.05, 3.63) is 0 Å². The van der Waals surface area contributed by atoms with Gasteiger partial charge in [-0.15, -0.1) is 0 Å². The van der Waals surface area contributed by atoms with Gasteiger partial charge in [0.2, 0.25) is 0 Å². The van der Waals surface area contributed by atoms with Gasteiger partial charge in [0.1, 0.15) is 6.10 Å². The molecular weight excluding hydrogens is 180 g/mol. The molecule has 1 rings (SSSR count). The van der Waals surface area contributed by atoms with E-state index in [9.17, 15) is 4.79 Å². The molecule has 1 N–H and O–H groups in total. The number of ether oxygens (including phenoxy) is 1. The van der Waals surface area contributed by atoms with Crippen LogP contribution in [0.2, 0.25) is 0 Å². The summed E-state index contributed by atoms with van der Waals surface area (Å²) in [5.74, 6) is 0.477. The molecule has 1 fully saturated rings. The molecule has 0 aromatic heterocycles. The van der Waals surface area contributed by atoms with Crippen molar-refractivity contribution in [3.63, 3.8) is 0 Å². The third-order valence-electron chi connectivity index (χ3n) is 2.70. The Hall–Kier alpha value is -0.610. The van der Waals surface area contributed by atoms with Gasteiger partial charge in [-0.1, -0.05) is 6.92 Å². The van der Waals surface area contributed by atoms with Crippen molar-refractivity contribution in [1.29, 1.82) is 0 Å². The van der Waals surface area contributed by atoms with Crippen molar-refractivity contribution in [2.24, 2.45) is 5.92 Å². The molecule has 0 aromatic carbocycles. The van der Waals surface area contributed by atoms with Gasteiger partial charge < -0.3 is 15.0 Å². The maximum absolute atomic E-state index is 11.8. The highest BCUT2D eigenvalue weighted by atomic mass is 16.5. The lowest BCUT2D eigenvalue weighted by molar-refractivity contribution is -0.141. The number of carbonyl (C=O) groups excluding carboxylic acids is 1. The fourth-order valence-electron chi connectivity index (χ4n) is 1.62. The summed E-state index contributed by atoms with van der Waals surface area (Å²) in [5, 5.41) is 3.02. The van der Waals surface area contributed by atoms with E-state index in [2.05, 4.69) is 12.2 Å². The molecular formula is C10H20N2O2. The average Bonchev–Trinajstić information content (AvgIpc) is 2.59. The highest BCUT2D eigenvalue weighted by molar-refractivity contribution is 5.81. The number of hydrogen-bond donors (Lipinski definition) is 1. The number of hydrogen-bond acceptors (Lipinski definition) is 3. The van der Waals surface area contributed by atoms with Crippen molar-refractivity contribution in [2.75, 3.05) is 33.8 Å². The predicted molar refractivity (Wildman–Crippen MR) is 55.1 cm³/mol. The molecule has 2 unspecified atom stereocenters. The first-order valence-corrected chi connectivity index (χ1v) is 5.18. The van der Waals surface area contributed by atoms with Crippen LogP contribution < -0.4 is 5.32 Å². The Kier molecular flexibility index (Phi) is 4.35. The summed E-state index contributed by atoms with van der Waals surface area (Å²) >= 11 is 0. The second-order valence-corrected chi connectivity index (χ2v) is 3.92. The monoisotopic (exact) mass is 200 g/mol. The largest absolute Gasteiger partial charge is 0.368 e. The van der Waals surface area contributed by atoms with Crippen LogP contribution in [-0.4, -0.2) is 50.7 Å². The molecule has 4 nitrogen and oxygen atoms in total. The maximum atomic E-state index is 11.8. The van der Waals surface area contributed by atoms with E-state index in [0.29, 0.717) is 5.92 Å². The van der Waals surface area contributed by atoms with Crippen LogP contribution in [0.15, 0.2) is 0 Å². The standard InChI is InChI=1S/C10H20N2O2/c1-8-4-7-14-9(8)10(13)12(3)6-5-11-2/h8-9,11H,4-7H2,1-3H3. The average molecular weight is 200 g/mol. The van der Waals surface area contributed by atoms with Crippen molar-refractivity contribution >= 4 is 5.91 Å². The molecule has 0 spiro atoms. The molecule has 0 radical (unpaired) electrons. The third-order valence-corrected chi connectivity index (χ3v) is 2.70. The van der Waals surface area contributed by atoms with E-state index >= 15 is 0 Å². The van der Waals surface area contributed by atoms with E-state index in [0.717, 1.165) is 26.1 Å². The normalized spacial score (nSPS) is 26.5. The summed E-state index contributed by atoms with van der Waals surface area (Å²) in [6.45, 7) is 4.35. The number of carbonyl (C=O) groups is 1. The zero-order valence-electron chi connectivity index (χ0n) is 9.25. The van der Waals surface area contributed by atoms with E-state index in [1.165, 1.54) is 0 Å². The van der Waals surface area contributed by atoms with Crippen LogP contribution in [0.5, 0.6) is 0 Å². The summed E-state index contributed by atoms with van der Waals surface area (Å²) in [6, 6.07) is 0. The summed E-state index contributed by atoms with van der Waals surface area (Å²) in [6.07, 6.45) is 0.785. The highest BCUT2D eigenvalue weighted by Crippen LogP contribution is 2.21. The Bertz CT molecular complexity index is 197. The van der Waals surface area contributed by atoms with Crippen LogP contribution in [0.25, 0.3) is 0 Å². The number of amides is 1. The Balaban J connectivity index is 2.39. The van der Waals surface area contributed by atoms with E-state index in [-0.39, 0.29) is 12.0 Å². The fourth-order valence-corrected chi connectivity index (χ4v) is 1.62. The minimum absolute atomic E-state index is 0.116. The molecule has 0 aromatic rings. The molecule has 0 bridgehead atoms.